The van der Waals surface area contributed by atoms with Gasteiger partial charge < -0.3 is 152 Å². The van der Waals surface area contributed by atoms with Gasteiger partial charge in [-0.25, -0.2) is 9.78 Å². The molecule has 39 nitrogen and oxygen atoms in total. The molecule has 0 N–H and O–H groups in total. The highest BCUT2D eigenvalue weighted by molar-refractivity contribution is 5.90. The Kier molecular flexibility index (Phi) is 68.1. The number of ether oxygens (including phenoxy) is 29. The lowest BCUT2D eigenvalue weighted by Crippen LogP contribution is -2.42. The first kappa shape index (κ1) is 114. The Bertz CT molecular complexity index is 3360. The molecule has 0 bridgehead atoms. The zero-order valence-corrected chi connectivity index (χ0v) is 79.7. The lowest BCUT2D eigenvalue weighted by molar-refractivity contribution is -0.0319. The number of carbonyl (C=O) groups excluding carboxylic acids is 1. The second-order valence-corrected chi connectivity index (χ2v) is 31.0. The molecule has 0 saturated heterocycles. The third-order valence-corrected chi connectivity index (χ3v) is 19.4. The number of anilines is 1. The van der Waals surface area contributed by atoms with Gasteiger partial charge in [-0.3, -0.25) is 0 Å². The molecule has 1 aliphatic rings. The van der Waals surface area contributed by atoms with Crippen molar-refractivity contribution >= 4 is 22.9 Å². The average molecular weight is 1860 g/mol. The number of hydrogen-bond donors (Lipinski definition) is 0. The molecule has 2 aromatic carbocycles. The van der Waals surface area contributed by atoms with Crippen LogP contribution in [0.25, 0.3) is 21.5 Å². The maximum Gasteiger partial charge on any atom is 0.410 e. The lowest BCUT2D eigenvalue weighted by atomic mass is 9.81. The highest BCUT2D eigenvalue weighted by Crippen LogP contribution is 2.39. The number of amides is 1. The van der Waals surface area contributed by atoms with Gasteiger partial charge in [0.2, 0.25) is 0 Å². The molecule has 5 rings (SSSR count). The monoisotopic (exact) mass is 1860 g/mol. The summed E-state index contributed by atoms with van der Waals surface area (Å²) in [4.78, 5) is 25.9. The molecule has 1 saturated carbocycles. The van der Waals surface area contributed by atoms with E-state index in [1.54, 1.807) is 28.4 Å². The van der Waals surface area contributed by atoms with E-state index in [9.17, 15) is 4.79 Å². The van der Waals surface area contributed by atoms with Crippen molar-refractivity contribution in [3.63, 3.8) is 0 Å². The molecule has 0 unspecified atom stereocenters. The minimum absolute atomic E-state index is 0.164. The number of aromatic nitrogens is 4. The van der Waals surface area contributed by atoms with Crippen LogP contribution >= 0.6 is 0 Å². The van der Waals surface area contributed by atoms with E-state index in [1.807, 2.05) is 75.9 Å². The maximum absolute atomic E-state index is 13.7. The Labute approximate surface area is 770 Å². The fraction of sp³-hybridized carbons (Fsp3) is 0.802. The van der Waals surface area contributed by atoms with Gasteiger partial charge in [-0.1, -0.05) is 18.5 Å². The van der Waals surface area contributed by atoms with Crippen LogP contribution in [0.5, 0.6) is 28.9 Å². The smallest absolute Gasteiger partial charge is 0.410 e. The van der Waals surface area contributed by atoms with Gasteiger partial charge in [0.1, 0.15) is 45.5 Å². The van der Waals surface area contributed by atoms with Crippen molar-refractivity contribution in [1.29, 1.82) is 0 Å². The number of nitrogens with zero attached hydrogens (tertiary/aromatic N) is 9. The van der Waals surface area contributed by atoms with Crippen LogP contribution < -0.4 is 28.6 Å². The van der Waals surface area contributed by atoms with Gasteiger partial charge in [-0.2, -0.15) is 0 Å². The lowest BCUT2D eigenvalue weighted by Gasteiger charge is -2.34. The summed E-state index contributed by atoms with van der Waals surface area (Å²) in [5, 5.41) is 13.2. The Morgan fingerprint density at radius 2 is 0.762 bits per heavy atom. The molecule has 130 heavy (non-hydrogen) atoms. The molecule has 0 aliphatic heterocycles. The zero-order chi connectivity index (χ0) is 92.9. The van der Waals surface area contributed by atoms with Crippen LogP contribution in [0.1, 0.15) is 97.0 Å². The van der Waals surface area contributed by atoms with Gasteiger partial charge in [0.25, 0.3) is 5.88 Å². The Balaban J connectivity index is 0.753. The van der Waals surface area contributed by atoms with Gasteiger partial charge in [-0.05, 0) is 108 Å². The van der Waals surface area contributed by atoms with E-state index in [0.29, 0.717) is 383 Å². The molecule has 0 radical (unpaired) electrons. The van der Waals surface area contributed by atoms with Crippen molar-refractivity contribution in [2.75, 3.05) is 357 Å². The molecule has 0 spiro atoms. The van der Waals surface area contributed by atoms with Crippen molar-refractivity contribution in [2.24, 2.45) is 17.0 Å². The SMILES string of the molecule is CCCCc1nc2c(N(Cc3ccc(OC)cc3OC)Cc3ccc(OC)cc3OC)nnc(OC(C)C)c2n1CC1CCC(CN(CCOCCOCCOCCOCCOCCOCCOCCOCCOCCOCCOCCOCCOCCOCCOCCOCCOCCOCCOCCOCCOCCOCCOCCN=[N+]=[N-])C(=O)OC(C)(C)C)CC1. The Hall–Kier alpha value is -6.55. The number of azide groups is 1. The van der Waals surface area contributed by atoms with Crippen LogP contribution in [0.15, 0.2) is 41.5 Å². The minimum Gasteiger partial charge on any atom is -0.497 e. The molecule has 1 fully saturated rings. The Morgan fingerprint density at radius 1 is 0.446 bits per heavy atom. The van der Waals surface area contributed by atoms with Crippen molar-refractivity contribution < 1.29 is 142 Å². The number of aryl methyl sites for hydroxylation is 1. The first-order valence-corrected chi connectivity index (χ1v) is 46.2. The zero-order valence-electron chi connectivity index (χ0n) is 79.7. The van der Waals surface area contributed by atoms with Gasteiger partial charge in [0.05, 0.1) is 338 Å². The number of fused-ring (bicyclic) bond motifs is 1. The molecule has 39 heteroatoms. The number of methoxy groups -OCH3 is 4. The van der Waals surface area contributed by atoms with Gasteiger partial charge in [0, 0.05) is 73.9 Å². The van der Waals surface area contributed by atoms with Crippen LogP contribution in [0.3, 0.4) is 0 Å². The number of hydrogen-bond acceptors (Lipinski definition) is 35. The Morgan fingerprint density at radius 3 is 1.05 bits per heavy atom. The summed E-state index contributed by atoms with van der Waals surface area (Å²) in [7, 11) is 6.60. The van der Waals surface area contributed by atoms with Crippen LogP contribution in [0.4, 0.5) is 10.6 Å². The molecule has 746 valence electrons. The predicted molar refractivity (Wildman–Crippen MR) is 485 cm³/mol. The standard InChI is InChI=1S/C91H157N9O30/c1-11-12-13-85-94-86-87(89(129-76(2)3)96-95-88(86)99(74-79-18-20-81(102-7)70-83(79)104-9)75-80-19-21-82(103-8)71-84(80)105-10)100(85)73-78-16-14-77(15-17-78)72-98(90(101)130-91(4,5)6)23-25-107-27-29-109-31-33-111-35-37-113-39-41-115-43-45-117-47-49-119-51-53-121-55-57-123-59-61-125-63-65-127-67-69-128-68-66-126-64-62-124-60-58-122-56-54-120-52-50-118-48-46-116-44-42-114-40-38-112-36-34-110-32-30-108-28-26-106-24-22-93-97-92/h18-21,70-71,76-78H,11-17,22-69,72-75H2,1-10H3. The third kappa shape index (κ3) is 56.0. The summed E-state index contributed by atoms with van der Waals surface area (Å²) in [5.41, 5.74) is 10.9. The molecule has 1 amide bonds. The summed E-state index contributed by atoms with van der Waals surface area (Å²) < 4.78 is 166. The van der Waals surface area contributed by atoms with Gasteiger partial charge in [0.15, 0.2) is 5.82 Å². The highest BCUT2D eigenvalue weighted by atomic mass is 16.6. The number of imidazole rings is 1. The number of carbonyl (C=O) groups is 1. The summed E-state index contributed by atoms with van der Waals surface area (Å²) in [6, 6.07) is 11.7. The molecular weight excluding hydrogens is 1700 g/mol. The fourth-order valence-electron chi connectivity index (χ4n) is 12.9. The second-order valence-electron chi connectivity index (χ2n) is 31.0. The summed E-state index contributed by atoms with van der Waals surface area (Å²) in [6.07, 6.45) is 6.06. The number of benzene rings is 2. The molecule has 2 aromatic heterocycles. The van der Waals surface area contributed by atoms with E-state index in [-0.39, 0.29) is 18.1 Å². The maximum atomic E-state index is 13.7. The van der Waals surface area contributed by atoms with E-state index < -0.39 is 5.60 Å². The fourth-order valence-corrected chi connectivity index (χ4v) is 12.9. The third-order valence-electron chi connectivity index (χ3n) is 19.4. The van der Waals surface area contributed by atoms with E-state index >= 15 is 0 Å². The van der Waals surface area contributed by atoms with E-state index in [4.69, 9.17) is 158 Å². The quantitative estimate of drug-likeness (QED) is 0.0172. The number of rotatable bonds is 90. The van der Waals surface area contributed by atoms with Crippen molar-refractivity contribution in [3.8, 4) is 28.9 Å². The van der Waals surface area contributed by atoms with Gasteiger partial charge >= 0.3 is 6.09 Å². The van der Waals surface area contributed by atoms with Gasteiger partial charge in [-0.15, -0.1) is 10.2 Å². The minimum atomic E-state index is -0.650. The summed E-state index contributed by atoms with van der Waals surface area (Å²) in [5.74, 6) is 5.38. The van der Waals surface area contributed by atoms with E-state index in [0.717, 1.165) is 74.0 Å². The topological polar surface area (TPSA) is 384 Å². The first-order valence-electron chi connectivity index (χ1n) is 46.2. The van der Waals surface area contributed by atoms with Crippen LogP contribution in [-0.4, -0.2) is 394 Å². The first-order chi connectivity index (χ1) is 63.8. The predicted octanol–water partition coefficient (Wildman–Crippen LogP) is 9.93. The van der Waals surface area contributed by atoms with Crippen LogP contribution in [0.2, 0.25) is 0 Å². The van der Waals surface area contributed by atoms with Crippen LogP contribution in [0, 0.1) is 11.8 Å². The molecule has 0 atom stereocenters. The number of unbranched alkanes of at least 4 members (excludes halogenated alkanes) is 1. The highest BCUT2D eigenvalue weighted by Gasteiger charge is 2.32. The van der Waals surface area contributed by atoms with Crippen molar-refractivity contribution in [3.05, 3.63) is 63.8 Å². The van der Waals surface area contributed by atoms with E-state index in [1.165, 1.54) is 0 Å². The summed E-state index contributed by atoms with van der Waals surface area (Å²) in [6.45, 7) is 35.7. The average Bonchev–Trinajstić information content (AvgIpc) is 1.59. The normalized spacial score (nSPS) is 13.5. The van der Waals surface area contributed by atoms with Crippen molar-refractivity contribution in [2.45, 2.75) is 118 Å². The van der Waals surface area contributed by atoms with Crippen molar-refractivity contribution in [1.82, 2.24) is 24.6 Å². The second kappa shape index (κ2) is 77.7. The van der Waals surface area contributed by atoms with E-state index in [2.05, 4.69) is 26.4 Å². The molecule has 4 aromatic rings. The summed E-state index contributed by atoms with van der Waals surface area (Å²) >= 11 is 0. The molecule has 2 heterocycles. The largest absolute Gasteiger partial charge is 0.497 e. The molecule has 1 aliphatic carbocycles. The van der Waals surface area contributed by atoms with Crippen LogP contribution in [-0.2, 0) is 140 Å². The molecular formula is C91H157N9O30.